The molecule has 0 saturated carbocycles. The molecule has 2 unspecified atom stereocenters. The molecule has 0 N–H and O–H groups in total. The van der Waals surface area contributed by atoms with E-state index in [2.05, 4.69) is 64.5 Å². The Morgan fingerprint density at radius 2 is 1.78 bits per heavy atom. The lowest BCUT2D eigenvalue weighted by molar-refractivity contribution is 0.0751. The van der Waals surface area contributed by atoms with Crippen LogP contribution in [-0.4, -0.2) is 16.1 Å². The second-order valence-corrected chi connectivity index (χ2v) is 6.70. The number of nitrogens with zero attached hydrogens (tertiary/aromatic N) is 3. The summed E-state index contributed by atoms with van der Waals surface area (Å²) in [5, 5.41) is 0. The van der Waals surface area contributed by atoms with Gasteiger partial charge in [-0.1, -0.05) is 60.7 Å². The summed E-state index contributed by atoms with van der Waals surface area (Å²) in [6, 6.07) is 22.8. The van der Waals surface area contributed by atoms with E-state index in [1.807, 2.05) is 30.6 Å². The predicted molar refractivity (Wildman–Crippen MR) is 106 cm³/mol. The molecule has 2 atom stereocenters. The maximum absolute atomic E-state index is 6.26. The Morgan fingerprint density at radius 1 is 0.926 bits per heavy atom. The van der Waals surface area contributed by atoms with E-state index in [-0.39, 0.29) is 12.2 Å². The number of aliphatic imine (C=N–C) groups is 1. The van der Waals surface area contributed by atoms with Crippen molar-refractivity contribution in [2.24, 2.45) is 4.99 Å². The van der Waals surface area contributed by atoms with E-state index in [1.165, 1.54) is 11.1 Å². The number of fused-ring (bicyclic) bond motifs is 3. The topological polar surface area (TPSA) is 37.7 Å². The number of benzene rings is 2. The highest BCUT2D eigenvalue weighted by molar-refractivity contribution is 5.76. The molecule has 4 nitrogen and oxygen atoms in total. The maximum atomic E-state index is 6.26. The first kappa shape index (κ1) is 15.8. The number of ether oxygens (including phenoxy) is 1. The van der Waals surface area contributed by atoms with Crippen LogP contribution in [-0.2, 0) is 11.3 Å². The van der Waals surface area contributed by atoms with Gasteiger partial charge in [0.05, 0.1) is 6.04 Å². The molecule has 0 amide bonds. The molecule has 27 heavy (non-hydrogen) atoms. The number of rotatable bonds is 4. The van der Waals surface area contributed by atoms with Gasteiger partial charge in [0.25, 0.3) is 0 Å². The fourth-order valence-electron chi connectivity index (χ4n) is 3.69. The van der Waals surface area contributed by atoms with Gasteiger partial charge in [-0.05, 0) is 22.8 Å². The van der Waals surface area contributed by atoms with Gasteiger partial charge < -0.3 is 9.64 Å². The minimum absolute atomic E-state index is 0.0790. The Labute approximate surface area is 158 Å². The molecule has 0 saturated heterocycles. The number of hydrogen-bond acceptors (Lipinski definition) is 4. The first-order chi connectivity index (χ1) is 13.4. The van der Waals surface area contributed by atoms with Crippen molar-refractivity contribution in [3.63, 3.8) is 0 Å². The summed E-state index contributed by atoms with van der Waals surface area (Å²) in [4.78, 5) is 11.3. The average molecular weight is 353 g/mol. The molecule has 2 aliphatic rings. The molecule has 3 aromatic rings. The number of pyridine rings is 1. The first-order valence-electron chi connectivity index (χ1n) is 9.09. The van der Waals surface area contributed by atoms with E-state index >= 15 is 0 Å². The van der Waals surface area contributed by atoms with Crippen LogP contribution in [0.1, 0.15) is 34.5 Å². The van der Waals surface area contributed by atoms with Gasteiger partial charge in [-0.3, -0.25) is 9.98 Å². The van der Waals surface area contributed by atoms with Crippen LogP contribution in [0, 0.1) is 0 Å². The molecule has 0 radical (unpaired) electrons. The third-order valence-corrected chi connectivity index (χ3v) is 4.99. The van der Waals surface area contributed by atoms with Crippen LogP contribution in [0.3, 0.4) is 0 Å². The molecule has 1 aromatic heterocycles. The van der Waals surface area contributed by atoms with Gasteiger partial charge in [-0.15, -0.1) is 0 Å². The largest absolute Gasteiger partial charge is 0.474 e. The van der Waals surface area contributed by atoms with E-state index < -0.39 is 0 Å². The van der Waals surface area contributed by atoms with E-state index in [0.29, 0.717) is 6.61 Å². The quantitative estimate of drug-likeness (QED) is 0.680. The molecule has 0 fully saturated rings. The molecule has 3 heterocycles. The molecule has 2 aromatic carbocycles. The Balaban J connectivity index is 1.51. The monoisotopic (exact) mass is 353 g/mol. The van der Waals surface area contributed by atoms with Gasteiger partial charge in [-0.25, -0.2) is 0 Å². The Hall–Kier alpha value is -3.40. The zero-order chi connectivity index (χ0) is 18.1. The van der Waals surface area contributed by atoms with Crippen molar-refractivity contribution in [3.8, 4) is 0 Å². The van der Waals surface area contributed by atoms with Crippen molar-refractivity contribution in [1.82, 2.24) is 9.88 Å². The van der Waals surface area contributed by atoms with Gasteiger partial charge in [-0.2, -0.15) is 0 Å². The minimum atomic E-state index is -0.0790. The molecule has 5 rings (SSSR count). The van der Waals surface area contributed by atoms with Crippen LogP contribution in [0.5, 0.6) is 0 Å². The molecule has 2 aliphatic heterocycles. The Morgan fingerprint density at radius 3 is 2.63 bits per heavy atom. The van der Waals surface area contributed by atoms with Crippen LogP contribution in [0.4, 0.5) is 0 Å². The van der Waals surface area contributed by atoms with Gasteiger partial charge >= 0.3 is 0 Å². The molecule has 132 valence electrons. The summed E-state index contributed by atoms with van der Waals surface area (Å²) in [5.41, 5.74) is 4.64. The van der Waals surface area contributed by atoms with Crippen LogP contribution in [0.25, 0.3) is 6.08 Å². The first-order valence-corrected chi connectivity index (χ1v) is 9.09. The average Bonchev–Trinajstić information content (AvgIpc) is 3.19. The van der Waals surface area contributed by atoms with Crippen LogP contribution in [0.15, 0.2) is 90.0 Å². The van der Waals surface area contributed by atoms with Gasteiger partial charge in [0, 0.05) is 30.2 Å². The second-order valence-electron chi connectivity index (χ2n) is 6.70. The number of aromatic nitrogens is 1. The fraction of sp³-hybridized carbons (Fsp3) is 0.130. The third-order valence-electron chi connectivity index (χ3n) is 4.99. The summed E-state index contributed by atoms with van der Waals surface area (Å²) in [6.07, 6.45) is 7.69. The van der Waals surface area contributed by atoms with Crippen molar-refractivity contribution in [2.45, 2.75) is 18.8 Å². The standard InChI is InChI=1S/C23H19N3O/c1-2-8-18(9-3-1)23-25-15-21-20-11-5-4-10-19(20)13-22(26(21)23)27-16-17-7-6-12-24-14-17/h1-15,21,23H,16H2. The minimum Gasteiger partial charge on any atom is -0.474 e. The third kappa shape index (κ3) is 2.89. The van der Waals surface area contributed by atoms with E-state index in [9.17, 15) is 0 Å². The lowest BCUT2D eigenvalue weighted by Gasteiger charge is -2.36. The SMILES string of the molecule is C1=NC(c2ccccc2)N2C(OCc3cccnc3)=Cc3ccccc3C12. The molecule has 0 spiro atoms. The Bertz CT molecular complexity index is 998. The summed E-state index contributed by atoms with van der Waals surface area (Å²) >= 11 is 0. The second kappa shape index (κ2) is 6.72. The van der Waals surface area contributed by atoms with Crippen molar-refractivity contribution in [1.29, 1.82) is 0 Å². The molecular formula is C23H19N3O. The van der Waals surface area contributed by atoms with Gasteiger partial charge in [0.1, 0.15) is 12.8 Å². The van der Waals surface area contributed by atoms with Crippen LogP contribution >= 0.6 is 0 Å². The van der Waals surface area contributed by atoms with Crippen LogP contribution < -0.4 is 0 Å². The summed E-state index contributed by atoms with van der Waals surface area (Å²) in [7, 11) is 0. The molecule has 0 aliphatic carbocycles. The Kier molecular flexibility index (Phi) is 3.94. The summed E-state index contributed by atoms with van der Waals surface area (Å²) in [5.74, 6) is 0.842. The lowest BCUT2D eigenvalue weighted by atomic mass is 9.96. The molecular weight excluding hydrogens is 334 g/mol. The maximum Gasteiger partial charge on any atom is 0.193 e. The summed E-state index contributed by atoms with van der Waals surface area (Å²) < 4.78 is 6.26. The smallest absolute Gasteiger partial charge is 0.193 e. The fourth-order valence-corrected chi connectivity index (χ4v) is 3.69. The molecule has 0 bridgehead atoms. The van der Waals surface area contributed by atoms with Crippen molar-refractivity contribution in [3.05, 3.63) is 107 Å². The zero-order valence-corrected chi connectivity index (χ0v) is 14.8. The van der Waals surface area contributed by atoms with Gasteiger partial charge in [0.15, 0.2) is 5.88 Å². The highest BCUT2D eigenvalue weighted by atomic mass is 16.5. The lowest BCUT2D eigenvalue weighted by Crippen LogP contribution is -2.31. The highest BCUT2D eigenvalue weighted by Crippen LogP contribution is 2.44. The van der Waals surface area contributed by atoms with E-state index in [4.69, 9.17) is 9.73 Å². The number of hydrogen-bond donors (Lipinski definition) is 0. The zero-order valence-electron chi connectivity index (χ0n) is 14.8. The summed E-state index contributed by atoms with van der Waals surface area (Å²) in [6.45, 7) is 0.479. The predicted octanol–water partition coefficient (Wildman–Crippen LogP) is 4.74. The molecule has 4 heteroatoms. The van der Waals surface area contributed by atoms with E-state index in [1.54, 1.807) is 6.20 Å². The van der Waals surface area contributed by atoms with Crippen molar-refractivity contribution < 1.29 is 4.74 Å². The normalized spacial score (nSPS) is 20.0. The highest BCUT2D eigenvalue weighted by Gasteiger charge is 2.38. The van der Waals surface area contributed by atoms with Crippen LogP contribution in [0.2, 0.25) is 0 Å². The van der Waals surface area contributed by atoms with E-state index in [0.717, 1.165) is 17.0 Å². The van der Waals surface area contributed by atoms with Crippen molar-refractivity contribution >= 4 is 12.3 Å². The van der Waals surface area contributed by atoms with Gasteiger partial charge in [0.2, 0.25) is 0 Å². The van der Waals surface area contributed by atoms with Crippen molar-refractivity contribution in [2.75, 3.05) is 0 Å².